The lowest BCUT2D eigenvalue weighted by atomic mass is 10.0. The van der Waals surface area contributed by atoms with E-state index in [0.717, 1.165) is 12.1 Å². The molecule has 2 aromatic carbocycles. The second-order valence-electron chi connectivity index (χ2n) is 8.83. The van der Waals surface area contributed by atoms with Crippen LogP contribution in [0.2, 0.25) is 0 Å². The molecule has 0 bridgehead atoms. The Morgan fingerprint density at radius 2 is 2.00 bits per heavy atom. The third kappa shape index (κ3) is 4.98. The zero-order chi connectivity index (χ0) is 24.6. The van der Waals surface area contributed by atoms with Gasteiger partial charge in [-0.3, -0.25) is 19.5 Å². The molecule has 0 amide bonds. The SMILES string of the molecule is CN1CC(c2cnc3ccc4ccc(NS(=O)(=O)N(C)C[C@H]5COCCO5)cc4c(=O)c3c2)C=N1. The smallest absolute Gasteiger partial charge is 0.301 e. The molecular formula is C24H27N5O5S. The van der Waals surface area contributed by atoms with Gasteiger partial charge in [-0.1, -0.05) is 12.1 Å². The number of nitrogens with zero attached hydrogens (tertiary/aromatic N) is 4. The largest absolute Gasteiger partial charge is 0.376 e. The van der Waals surface area contributed by atoms with Crippen molar-refractivity contribution in [1.82, 2.24) is 14.3 Å². The van der Waals surface area contributed by atoms with E-state index in [0.29, 0.717) is 47.2 Å². The van der Waals surface area contributed by atoms with Gasteiger partial charge in [0, 0.05) is 56.3 Å². The maximum absolute atomic E-state index is 13.5. The fraction of sp³-hybridized carbons (Fsp3) is 0.375. The van der Waals surface area contributed by atoms with Gasteiger partial charge in [0.1, 0.15) is 0 Å². The Bertz CT molecular complexity index is 1460. The van der Waals surface area contributed by atoms with Crippen molar-refractivity contribution in [3.8, 4) is 0 Å². The molecule has 3 heterocycles. The van der Waals surface area contributed by atoms with Crippen LogP contribution in [-0.4, -0.2) is 82.0 Å². The number of likely N-dealkylation sites (N-methyl/N-ethyl adjacent to an activating group) is 2. The van der Waals surface area contributed by atoms with Crippen LogP contribution in [0.3, 0.4) is 0 Å². The summed E-state index contributed by atoms with van der Waals surface area (Å²) in [5.41, 5.74) is 1.58. The summed E-state index contributed by atoms with van der Waals surface area (Å²) in [6, 6.07) is 10.4. The maximum atomic E-state index is 13.5. The van der Waals surface area contributed by atoms with Crippen LogP contribution >= 0.6 is 0 Å². The summed E-state index contributed by atoms with van der Waals surface area (Å²) in [4.78, 5) is 18.0. The number of anilines is 1. The molecule has 11 heteroatoms. The van der Waals surface area contributed by atoms with Gasteiger partial charge >= 0.3 is 10.2 Å². The van der Waals surface area contributed by atoms with Gasteiger partial charge in [0.15, 0.2) is 5.43 Å². The van der Waals surface area contributed by atoms with E-state index in [9.17, 15) is 13.2 Å². The Kier molecular flexibility index (Phi) is 6.41. The maximum Gasteiger partial charge on any atom is 0.301 e. The molecule has 1 aromatic heterocycles. The van der Waals surface area contributed by atoms with E-state index in [1.54, 1.807) is 24.4 Å². The van der Waals surface area contributed by atoms with Gasteiger partial charge in [0.25, 0.3) is 0 Å². The number of aromatic nitrogens is 1. The van der Waals surface area contributed by atoms with Crippen LogP contribution in [0, 0.1) is 0 Å². The van der Waals surface area contributed by atoms with Gasteiger partial charge in [-0.2, -0.15) is 17.8 Å². The van der Waals surface area contributed by atoms with Crippen molar-refractivity contribution in [2.24, 2.45) is 5.10 Å². The number of nitrogens with one attached hydrogen (secondary N) is 1. The minimum Gasteiger partial charge on any atom is -0.376 e. The van der Waals surface area contributed by atoms with E-state index < -0.39 is 10.2 Å². The highest BCUT2D eigenvalue weighted by Crippen LogP contribution is 2.24. The average Bonchev–Trinajstić information content (AvgIpc) is 3.23. The molecule has 2 aliphatic heterocycles. The van der Waals surface area contributed by atoms with E-state index >= 15 is 0 Å². The highest BCUT2D eigenvalue weighted by Gasteiger charge is 2.24. The molecule has 10 nitrogen and oxygen atoms in total. The number of rotatable bonds is 6. The molecule has 0 aliphatic carbocycles. The van der Waals surface area contributed by atoms with E-state index in [1.165, 1.54) is 11.4 Å². The van der Waals surface area contributed by atoms with Crippen molar-refractivity contribution in [3.63, 3.8) is 0 Å². The molecule has 3 aromatic rings. The number of ether oxygens (including phenoxy) is 2. The first-order valence-electron chi connectivity index (χ1n) is 11.4. The predicted molar refractivity (Wildman–Crippen MR) is 135 cm³/mol. The molecule has 1 saturated heterocycles. The normalized spacial score (nSPS) is 20.7. The third-order valence-electron chi connectivity index (χ3n) is 6.24. The van der Waals surface area contributed by atoms with E-state index in [2.05, 4.69) is 14.8 Å². The zero-order valence-corrected chi connectivity index (χ0v) is 20.4. The Morgan fingerprint density at radius 3 is 2.74 bits per heavy atom. The Labute approximate surface area is 203 Å². The Morgan fingerprint density at radius 1 is 1.17 bits per heavy atom. The van der Waals surface area contributed by atoms with Crippen LogP contribution in [0.4, 0.5) is 5.69 Å². The number of hydrogen-bond donors (Lipinski definition) is 1. The summed E-state index contributed by atoms with van der Waals surface area (Å²) in [7, 11) is -0.489. The molecule has 0 saturated carbocycles. The van der Waals surface area contributed by atoms with Crippen LogP contribution in [0.15, 0.2) is 52.5 Å². The lowest BCUT2D eigenvalue weighted by Gasteiger charge is -2.27. The van der Waals surface area contributed by atoms with Crippen molar-refractivity contribution in [2.75, 3.05) is 51.7 Å². The standard InChI is InChI=1S/C24H27N5O5S/c1-28-13-18(12-26-28)17-9-22-23(25-11-17)6-4-16-3-5-19(10-21(16)24(22)30)27-35(31,32)29(2)14-20-15-33-7-8-34-20/h3-6,9-12,18,20,27H,7-8,13-15H2,1-2H3/t18?,20-/m0/s1. The number of hydrazone groups is 1. The van der Waals surface area contributed by atoms with Crippen LogP contribution in [-0.2, 0) is 19.7 Å². The second-order valence-corrected chi connectivity index (χ2v) is 10.6. The Hall–Kier alpha value is -3.12. The van der Waals surface area contributed by atoms with Gasteiger partial charge in [0.2, 0.25) is 0 Å². The first-order valence-corrected chi connectivity index (χ1v) is 12.8. The average molecular weight is 498 g/mol. The number of hydrogen-bond acceptors (Lipinski definition) is 8. The van der Waals surface area contributed by atoms with E-state index in [1.807, 2.05) is 36.5 Å². The fourth-order valence-corrected chi connectivity index (χ4v) is 5.25. The highest BCUT2D eigenvalue weighted by atomic mass is 32.2. The van der Waals surface area contributed by atoms with Crippen LogP contribution in [0.5, 0.6) is 0 Å². The topological polar surface area (TPSA) is 113 Å². The predicted octanol–water partition coefficient (Wildman–Crippen LogP) is 1.77. The first-order chi connectivity index (χ1) is 16.8. The lowest BCUT2D eigenvalue weighted by Crippen LogP contribution is -2.42. The Balaban J connectivity index is 1.47. The quantitative estimate of drug-likeness (QED) is 0.552. The third-order valence-corrected chi connectivity index (χ3v) is 7.70. The monoisotopic (exact) mass is 497 g/mol. The summed E-state index contributed by atoms with van der Waals surface area (Å²) in [5, 5.41) is 7.70. The van der Waals surface area contributed by atoms with Crippen LogP contribution in [0.1, 0.15) is 11.5 Å². The van der Waals surface area contributed by atoms with E-state index in [4.69, 9.17) is 9.47 Å². The first kappa shape index (κ1) is 23.6. The number of fused-ring (bicyclic) bond motifs is 2. The van der Waals surface area contributed by atoms with Gasteiger partial charge < -0.3 is 9.47 Å². The molecule has 35 heavy (non-hydrogen) atoms. The summed E-state index contributed by atoms with van der Waals surface area (Å²) >= 11 is 0. The van der Waals surface area contributed by atoms with Crippen LogP contribution in [0.25, 0.3) is 21.7 Å². The minimum absolute atomic E-state index is 0.0597. The molecule has 1 N–H and O–H groups in total. The van der Waals surface area contributed by atoms with Crippen LogP contribution < -0.4 is 10.2 Å². The van der Waals surface area contributed by atoms with Crippen molar-refractivity contribution in [2.45, 2.75) is 12.0 Å². The molecule has 1 unspecified atom stereocenters. The molecular weight excluding hydrogens is 470 g/mol. The number of benzene rings is 1. The summed E-state index contributed by atoms with van der Waals surface area (Å²) in [6.07, 6.45) is 3.30. The number of pyridine rings is 1. The van der Waals surface area contributed by atoms with Crippen molar-refractivity contribution >= 4 is 43.8 Å². The summed E-state index contributed by atoms with van der Waals surface area (Å²) in [6.45, 7) is 2.17. The lowest BCUT2D eigenvalue weighted by molar-refractivity contribution is -0.0908. The molecule has 184 valence electrons. The summed E-state index contributed by atoms with van der Waals surface area (Å²) in [5.74, 6) is 0.0597. The molecule has 0 spiro atoms. The molecule has 2 atom stereocenters. The zero-order valence-electron chi connectivity index (χ0n) is 19.5. The van der Waals surface area contributed by atoms with Crippen molar-refractivity contribution < 1.29 is 17.9 Å². The van der Waals surface area contributed by atoms with Crippen molar-refractivity contribution in [3.05, 3.63) is 58.4 Å². The summed E-state index contributed by atoms with van der Waals surface area (Å²) < 4.78 is 40.5. The van der Waals surface area contributed by atoms with E-state index in [-0.39, 0.29) is 24.0 Å². The van der Waals surface area contributed by atoms with Gasteiger partial charge in [-0.25, -0.2) is 0 Å². The molecule has 2 aliphatic rings. The second kappa shape index (κ2) is 9.50. The van der Waals surface area contributed by atoms with Crippen molar-refractivity contribution in [1.29, 1.82) is 0 Å². The minimum atomic E-state index is -3.86. The molecule has 0 radical (unpaired) electrons. The molecule has 5 rings (SSSR count). The molecule has 1 fully saturated rings. The van der Waals surface area contributed by atoms with Gasteiger partial charge in [0.05, 0.1) is 37.1 Å². The van der Waals surface area contributed by atoms with Gasteiger partial charge in [-0.05, 0) is 35.2 Å². The van der Waals surface area contributed by atoms with Gasteiger partial charge in [-0.15, -0.1) is 0 Å². The fourth-order valence-electron chi connectivity index (χ4n) is 4.30. The highest BCUT2D eigenvalue weighted by molar-refractivity contribution is 7.90.